The van der Waals surface area contributed by atoms with Gasteiger partial charge in [-0.1, -0.05) is 60.7 Å². The van der Waals surface area contributed by atoms with Crippen LogP contribution in [0.5, 0.6) is 0 Å². The summed E-state index contributed by atoms with van der Waals surface area (Å²) in [5, 5.41) is 6.30. The number of nitrogens with zero attached hydrogens (tertiary/aromatic N) is 2. The van der Waals surface area contributed by atoms with Gasteiger partial charge in [0.05, 0.1) is 0 Å². The van der Waals surface area contributed by atoms with E-state index >= 15 is 0 Å². The average molecular weight is 431 g/mol. The number of rotatable bonds is 6. The Hall–Kier alpha value is -3.42. The van der Waals surface area contributed by atoms with Gasteiger partial charge in [0.25, 0.3) is 0 Å². The second-order valence-electron chi connectivity index (χ2n) is 8.11. The van der Waals surface area contributed by atoms with Crippen molar-refractivity contribution < 1.29 is 14.3 Å². The maximum absolute atomic E-state index is 13.4. The number of fused-ring (bicyclic) bond motifs is 1. The quantitative estimate of drug-likeness (QED) is 0.583. The number of carbonyl (C=O) groups excluding carboxylic acids is 2. The predicted octanol–water partition coefficient (Wildman–Crippen LogP) is 1.70. The van der Waals surface area contributed by atoms with Crippen LogP contribution in [0.4, 0.5) is 0 Å². The first-order valence-corrected chi connectivity index (χ1v) is 10.9. The molecule has 7 nitrogen and oxygen atoms in total. The third kappa shape index (κ3) is 3.49. The molecule has 3 aromatic rings. The summed E-state index contributed by atoms with van der Waals surface area (Å²) in [5.74, 6) is -0.445. The van der Waals surface area contributed by atoms with Crippen molar-refractivity contribution in [2.24, 2.45) is 0 Å². The van der Waals surface area contributed by atoms with Crippen LogP contribution in [-0.4, -0.2) is 53.1 Å². The van der Waals surface area contributed by atoms with Crippen LogP contribution in [0.15, 0.2) is 85.2 Å². The van der Waals surface area contributed by atoms with E-state index in [0.29, 0.717) is 26.2 Å². The van der Waals surface area contributed by atoms with E-state index in [1.54, 1.807) is 0 Å². The molecule has 0 radical (unpaired) electrons. The molecule has 5 rings (SSSR count). The fourth-order valence-electron chi connectivity index (χ4n) is 4.75. The van der Waals surface area contributed by atoms with Crippen molar-refractivity contribution in [3.05, 3.63) is 96.3 Å². The zero-order valence-corrected chi connectivity index (χ0v) is 17.7. The van der Waals surface area contributed by atoms with E-state index in [1.807, 2.05) is 94.7 Å². The largest absolute Gasteiger partial charge is 0.434 e. The van der Waals surface area contributed by atoms with Gasteiger partial charge in [-0.15, -0.1) is 0 Å². The highest BCUT2D eigenvalue weighted by molar-refractivity contribution is 5.86. The number of nitrogens with one attached hydrogen (secondary N) is 2. The van der Waals surface area contributed by atoms with Crippen LogP contribution >= 0.6 is 0 Å². The normalized spacial score (nSPS) is 22.2. The van der Waals surface area contributed by atoms with Crippen molar-refractivity contribution in [3.63, 3.8) is 0 Å². The summed E-state index contributed by atoms with van der Waals surface area (Å²) in [6, 6.07) is 22.2. The van der Waals surface area contributed by atoms with Gasteiger partial charge in [-0.25, -0.2) is 4.90 Å². The van der Waals surface area contributed by atoms with E-state index in [0.717, 1.165) is 11.1 Å². The Labute approximate surface area is 187 Å². The van der Waals surface area contributed by atoms with Gasteiger partial charge in [0.1, 0.15) is 12.1 Å². The molecular weight excluding hydrogens is 404 g/mol. The maximum Gasteiger partial charge on any atom is 0.327 e. The predicted molar refractivity (Wildman–Crippen MR) is 119 cm³/mol. The topological polar surface area (TPSA) is 75.6 Å². The Morgan fingerprint density at radius 1 is 0.969 bits per heavy atom. The molecule has 32 heavy (non-hydrogen) atoms. The molecule has 2 aromatic carbocycles. The molecule has 0 aliphatic carbocycles. The Bertz CT molecular complexity index is 1030. The molecule has 2 N–H and O–H groups in total. The molecule has 2 aliphatic rings. The first-order valence-electron chi connectivity index (χ1n) is 10.9. The van der Waals surface area contributed by atoms with Gasteiger partial charge in [0.2, 0.25) is 11.6 Å². The zero-order chi connectivity index (χ0) is 22.0. The molecule has 1 amide bonds. The molecule has 2 atom stereocenters. The molecular formula is C25H26N4O3. The number of piperazine rings is 1. The number of carbonyl (C=O) groups is 2. The van der Waals surface area contributed by atoms with Gasteiger partial charge in [0, 0.05) is 49.7 Å². The van der Waals surface area contributed by atoms with Crippen LogP contribution in [0.3, 0.4) is 0 Å². The van der Waals surface area contributed by atoms with E-state index in [9.17, 15) is 9.59 Å². The van der Waals surface area contributed by atoms with Gasteiger partial charge in [-0.05, 0) is 12.1 Å². The van der Waals surface area contributed by atoms with Crippen molar-refractivity contribution in [2.45, 2.75) is 24.4 Å². The summed E-state index contributed by atoms with van der Waals surface area (Å²) in [4.78, 5) is 28.4. The Balaban J connectivity index is 1.51. The number of cyclic esters (lactones) is 1. The summed E-state index contributed by atoms with van der Waals surface area (Å²) in [6.45, 7) is 2.05. The van der Waals surface area contributed by atoms with Crippen molar-refractivity contribution in [1.29, 1.82) is 0 Å². The number of hydrogen-bond acceptors (Lipinski definition) is 5. The van der Waals surface area contributed by atoms with E-state index in [2.05, 4.69) is 10.6 Å². The highest BCUT2D eigenvalue weighted by Gasteiger charge is 2.60. The van der Waals surface area contributed by atoms with Gasteiger partial charge >= 0.3 is 5.97 Å². The van der Waals surface area contributed by atoms with E-state index in [4.69, 9.17) is 4.74 Å². The molecule has 2 fully saturated rings. The molecule has 164 valence electrons. The minimum atomic E-state index is -1.16. The Morgan fingerprint density at radius 2 is 1.59 bits per heavy atom. The van der Waals surface area contributed by atoms with Crippen LogP contribution < -0.4 is 10.6 Å². The van der Waals surface area contributed by atoms with Crippen LogP contribution in [0.2, 0.25) is 0 Å². The van der Waals surface area contributed by atoms with Gasteiger partial charge in [-0.2, -0.15) is 0 Å². The van der Waals surface area contributed by atoms with Crippen molar-refractivity contribution in [3.8, 4) is 0 Å². The summed E-state index contributed by atoms with van der Waals surface area (Å²) >= 11 is 0. The summed E-state index contributed by atoms with van der Waals surface area (Å²) in [6.07, 6.45) is 3.93. The van der Waals surface area contributed by atoms with E-state index in [-0.39, 0.29) is 11.9 Å². The van der Waals surface area contributed by atoms with Crippen LogP contribution in [0, 0.1) is 0 Å². The summed E-state index contributed by atoms with van der Waals surface area (Å²) in [5.41, 5.74) is 0.498. The molecule has 0 spiro atoms. The lowest BCUT2D eigenvalue weighted by Crippen LogP contribution is -2.65. The smallest absolute Gasteiger partial charge is 0.327 e. The first-order chi connectivity index (χ1) is 15.7. The van der Waals surface area contributed by atoms with Crippen LogP contribution in [0.25, 0.3) is 0 Å². The molecule has 3 heterocycles. The second kappa shape index (κ2) is 8.61. The van der Waals surface area contributed by atoms with Crippen molar-refractivity contribution >= 4 is 11.9 Å². The average Bonchev–Trinajstić information content (AvgIpc) is 3.47. The van der Waals surface area contributed by atoms with Gasteiger partial charge in [-0.3, -0.25) is 9.59 Å². The molecule has 2 unspecified atom stereocenters. The van der Waals surface area contributed by atoms with E-state index in [1.165, 1.54) is 0 Å². The fourth-order valence-corrected chi connectivity index (χ4v) is 4.75. The maximum atomic E-state index is 13.4. The van der Waals surface area contributed by atoms with Crippen molar-refractivity contribution in [1.82, 2.24) is 20.1 Å². The minimum Gasteiger partial charge on any atom is -0.434 e. The minimum absolute atomic E-state index is 0.121. The molecule has 0 saturated carbocycles. The monoisotopic (exact) mass is 430 g/mol. The van der Waals surface area contributed by atoms with E-state index < -0.39 is 17.8 Å². The number of hydrogen-bond donors (Lipinski definition) is 2. The number of benzene rings is 2. The number of esters is 1. The van der Waals surface area contributed by atoms with Crippen LogP contribution in [0.1, 0.15) is 11.1 Å². The Morgan fingerprint density at radius 3 is 2.22 bits per heavy atom. The third-order valence-electron chi connectivity index (χ3n) is 6.20. The highest BCUT2D eigenvalue weighted by atomic mass is 16.6. The lowest BCUT2D eigenvalue weighted by Gasteiger charge is -2.44. The fraction of sp³-hybridized carbons (Fsp3) is 0.280. The standard InChI is InChI=1S/C25H26N4O3/c30-23(27-13-16-28-14-7-8-15-28)21-17-26-18-22-24(31)32-25(29(21)22,19-9-3-1-4-10-19)20-11-5-2-6-12-20/h1-12,14-15,21-22,26H,13,16-18H2,(H,27,30). The molecule has 1 aromatic heterocycles. The number of amides is 1. The second-order valence-corrected chi connectivity index (χ2v) is 8.11. The number of aromatic nitrogens is 1. The lowest BCUT2D eigenvalue weighted by molar-refractivity contribution is -0.153. The van der Waals surface area contributed by atoms with Crippen LogP contribution in [-0.2, 0) is 26.6 Å². The molecule has 7 heteroatoms. The summed E-state index contributed by atoms with van der Waals surface area (Å²) < 4.78 is 8.19. The first kappa shape index (κ1) is 20.5. The summed E-state index contributed by atoms with van der Waals surface area (Å²) in [7, 11) is 0. The van der Waals surface area contributed by atoms with Crippen molar-refractivity contribution in [2.75, 3.05) is 19.6 Å². The molecule has 2 aliphatic heterocycles. The zero-order valence-electron chi connectivity index (χ0n) is 17.7. The SMILES string of the molecule is O=C(NCCn1cccc1)C1CNCC2C(=O)OC(c3ccccc3)(c3ccccc3)N12. The molecule has 0 bridgehead atoms. The molecule has 2 saturated heterocycles. The third-order valence-corrected chi connectivity index (χ3v) is 6.20. The Kier molecular flexibility index (Phi) is 5.51. The van der Waals surface area contributed by atoms with Gasteiger partial charge < -0.3 is 19.9 Å². The lowest BCUT2D eigenvalue weighted by atomic mass is 9.90. The highest BCUT2D eigenvalue weighted by Crippen LogP contribution is 2.45. The number of ether oxygens (including phenoxy) is 1. The van der Waals surface area contributed by atoms with Gasteiger partial charge in [0.15, 0.2) is 0 Å².